The van der Waals surface area contributed by atoms with Crippen LogP contribution in [0.4, 0.5) is 4.39 Å². The van der Waals surface area contributed by atoms with Crippen LogP contribution in [0.15, 0.2) is 40.9 Å². The molecule has 0 amide bonds. The van der Waals surface area contributed by atoms with E-state index in [-0.39, 0.29) is 17.1 Å². The zero-order valence-corrected chi connectivity index (χ0v) is 14.7. The minimum Gasteiger partial charge on any atom is -0.304 e. The summed E-state index contributed by atoms with van der Waals surface area (Å²) in [6.45, 7) is 3.96. The SMILES string of the molecule is CC(NC(C)c1c(Cl)ccc(F)c1Cl)c1cccc(Br)c1. The Bertz CT molecular complexity index is 648. The fourth-order valence-electron chi connectivity index (χ4n) is 2.27. The lowest BCUT2D eigenvalue weighted by atomic mass is 10.0. The lowest BCUT2D eigenvalue weighted by Crippen LogP contribution is -2.23. The van der Waals surface area contributed by atoms with Gasteiger partial charge in [-0.1, -0.05) is 51.3 Å². The molecule has 2 atom stereocenters. The Morgan fingerprint density at radius 2 is 1.81 bits per heavy atom. The summed E-state index contributed by atoms with van der Waals surface area (Å²) in [5.74, 6) is -0.458. The first kappa shape index (κ1) is 16.8. The van der Waals surface area contributed by atoms with Gasteiger partial charge in [0.1, 0.15) is 5.82 Å². The van der Waals surface area contributed by atoms with Crippen molar-refractivity contribution in [2.45, 2.75) is 25.9 Å². The van der Waals surface area contributed by atoms with Crippen molar-refractivity contribution in [3.8, 4) is 0 Å². The third-order valence-electron chi connectivity index (χ3n) is 3.36. The highest BCUT2D eigenvalue weighted by atomic mass is 79.9. The molecule has 0 heterocycles. The van der Waals surface area contributed by atoms with Gasteiger partial charge in [-0.3, -0.25) is 0 Å². The first-order chi connectivity index (χ1) is 9.90. The van der Waals surface area contributed by atoms with Crippen molar-refractivity contribution in [3.63, 3.8) is 0 Å². The van der Waals surface area contributed by atoms with Crippen molar-refractivity contribution in [2.75, 3.05) is 0 Å². The van der Waals surface area contributed by atoms with E-state index in [0.717, 1.165) is 10.0 Å². The molecule has 1 N–H and O–H groups in total. The van der Waals surface area contributed by atoms with Gasteiger partial charge >= 0.3 is 0 Å². The molecule has 0 aliphatic rings. The number of benzene rings is 2. The number of hydrogen-bond acceptors (Lipinski definition) is 1. The highest BCUT2D eigenvalue weighted by Gasteiger charge is 2.19. The first-order valence-electron chi connectivity index (χ1n) is 6.55. The Morgan fingerprint density at radius 3 is 2.48 bits per heavy atom. The summed E-state index contributed by atoms with van der Waals surface area (Å²) < 4.78 is 14.6. The van der Waals surface area contributed by atoms with E-state index in [1.54, 1.807) is 0 Å². The van der Waals surface area contributed by atoms with Gasteiger partial charge in [0.25, 0.3) is 0 Å². The Kier molecular flexibility index (Phi) is 5.67. The fraction of sp³-hybridized carbons (Fsp3) is 0.250. The number of nitrogens with one attached hydrogen (secondary N) is 1. The van der Waals surface area contributed by atoms with Gasteiger partial charge in [-0.15, -0.1) is 0 Å². The maximum absolute atomic E-state index is 13.6. The second-order valence-corrected chi connectivity index (χ2v) is 6.62. The van der Waals surface area contributed by atoms with E-state index in [4.69, 9.17) is 23.2 Å². The molecule has 2 aromatic carbocycles. The fourth-order valence-corrected chi connectivity index (χ4v) is 3.39. The standard InChI is InChI=1S/C16H15BrCl2FN/c1-9(11-4-3-5-12(17)8-11)21-10(2)15-13(18)6-7-14(20)16(15)19/h3-10,21H,1-2H3. The lowest BCUT2D eigenvalue weighted by Gasteiger charge is -2.22. The van der Waals surface area contributed by atoms with Gasteiger partial charge in [-0.05, 0) is 43.7 Å². The van der Waals surface area contributed by atoms with Crippen molar-refractivity contribution >= 4 is 39.1 Å². The molecule has 21 heavy (non-hydrogen) atoms. The highest BCUT2D eigenvalue weighted by Crippen LogP contribution is 2.33. The van der Waals surface area contributed by atoms with Crippen LogP contribution in [0.1, 0.15) is 37.1 Å². The molecule has 0 fully saturated rings. The van der Waals surface area contributed by atoms with E-state index in [1.807, 2.05) is 38.1 Å². The molecule has 0 spiro atoms. The molecular weight excluding hydrogens is 376 g/mol. The van der Waals surface area contributed by atoms with Crippen LogP contribution >= 0.6 is 39.1 Å². The topological polar surface area (TPSA) is 12.0 Å². The van der Waals surface area contributed by atoms with Gasteiger partial charge in [0.05, 0.1) is 5.02 Å². The average molecular weight is 391 g/mol. The molecule has 0 saturated carbocycles. The molecule has 0 saturated heterocycles. The van der Waals surface area contributed by atoms with Crippen molar-refractivity contribution in [1.29, 1.82) is 0 Å². The second-order valence-electron chi connectivity index (χ2n) is 4.92. The van der Waals surface area contributed by atoms with E-state index in [9.17, 15) is 4.39 Å². The van der Waals surface area contributed by atoms with Crippen LogP contribution in [0.3, 0.4) is 0 Å². The molecule has 1 nitrogen and oxygen atoms in total. The van der Waals surface area contributed by atoms with Crippen molar-refractivity contribution in [1.82, 2.24) is 5.32 Å². The maximum atomic E-state index is 13.6. The summed E-state index contributed by atoms with van der Waals surface area (Å²) in [6.07, 6.45) is 0. The molecule has 0 aliphatic heterocycles. The van der Waals surface area contributed by atoms with Gasteiger partial charge in [0.2, 0.25) is 0 Å². The quantitative estimate of drug-likeness (QED) is 0.603. The molecule has 2 rings (SSSR count). The Morgan fingerprint density at radius 1 is 1.10 bits per heavy atom. The van der Waals surface area contributed by atoms with Crippen LogP contribution in [0.2, 0.25) is 10.0 Å². The van der Waals surface area contributed by atoms with Crippen LogP contribution in [0.25, 0.3) is 0 Å². The normalized spacial score (nSPS) is 14.0. The Labute approximate surface area is 142 Å². The number of rotatable bonds is 4. The molecule has 0 bridgehead atoms. The predicted molar refractivity (Wildman–Crippen MR) is 90.5 cm³/mol. The minimum atomic E-state index is -0.458. The van der Waals surface area contributed by atoms with Crippen LogP contribution in [-0.2, 0) is 0 Å². The van der Waals surface area contributed by atoms with Crippen LogP contribution in [-0.4, -0.2) is 0 Å². The van der Waals surface area contributed by atoms with Gasteiger partial charge in [0, 0.05) is 27.1 Å². The van der Waals surface area contributed by atoms with E-state index in [1.165, 1.54) is 12.1 Å². The van der Waals surface area contributed by atoms with Gasteiger partial charge in [-0.25, -0.2) is 4.39 Å². The van der Waals surface area contributed by atoms with Crippen LogP contribution in [0.5, 0.6) is 0 Å². The molecule has 112 valence electrons. The molecule has 5 heteroatoms. The molecule has 2 unspecified atom stereocenters. The summed E-state index contributed by atoms with van der Waals surface area (Å²) in [5.41, 5.74) is 1.71. The van der Waals surface area contributed by atoms with Gasteiger partial charge in [0.15, 0.2) is 0 Å². The Balaban J connectivity index is 2.22. The maximum Gasteiger partial charge on any atom is 0.142 e. The van der Waals surface area contributed by atoms with E-state index in [0.29, 0.717) is 10.6 Å². The van der Waals surface area contributed by atoms with Crippen molar-refractivity contribution in [3.05, 3.63) is 67.9 Å². The summed E-state index contributed by atoms with van der Waals surface area (Å²) in [6, 6.07) is 10.7. The minimum absolute atomic E-state index is 0.0731. The molecule has 0 aromatic heterocycles. The largest absolute Gasteiger partial charge is 0.304 e. The van der Waals surface area contributed by atoms with Gasteiger partial charge < -0.3 is 5.32 Å². The third-order valence-corrected chi connectivity index (χ3v) is 4.57. The average Bonchev–Trinajstić information content (AvgIpc) is 2.43. The predicted octanol–water partition coefficient (Wildman–Crippen LogP) is 6.31. The summed E-state index contributed by atoms with van der Waals surface area (Å²) in [4.78, 5) is 0. The molecular formula is C16H15BrCl2FN. The zero-order valence-electron chi connectivity index (χ0n) is 11.6. The summed E-state index contributed by atoms with van der Waals surface area (Å²) in [7, 11) is 0. The van der Waals surface area contributed by atoms with Crippen molar-refractivity contribution in [2.24, 2.45) is 0 Å². The number of halogens is 4. The summed E-state index contributed by atoms with van der Waals surface area (Å²) in [5, 5.41) is 3.93. The molecule has 0 aliphatic carbocycles. The smallest absolute Gasteiger partial charge is 0.142 e. The summed E-state index contributed by atoms with van der Waals surface area (Å²) >= 11 is 15.6. The third kappa shape index (κ3) is 3.98. The van der Waals surface area contributed by atoms with Crippen LogP contribution in [0, 0.1) is 5.82 Å². The van der Waals surface area contributed by atoms with E-state index in [2.05, 4.69) is 21.2 Å². The molecule has 2 aromatic rings. The van der Waals surface area contributed by atoms with E-state index < -0.39 is 5.82 Å². The zero-order chi connectivity index (χ0) is 15.6. The van der Waals surface area contributed by atoms with Crippen molar-refractivity contribution < 1.29 is 4.39 Å². The first-order valence-corrected chi connectivity index (χ1v) is 8.10. The monoisotopic (exact) mass is 389 g/mol. The van der Waals surface area contributed by atoms with Crippen LogP contribution < -0.4 is 5.32 Å². The second kappa shape index (κ2) is 7.10. The lowest BCUT2D eigenvalue weighted by molar-refractivity contribution is 0.492. The Hall–Kier alpha value is -0.610. The number of hydrogen-bond donors (Lipinski definition) is 1. The van der Waals surface area contributed by atoms with Gasteiger partial charge in [-0.2, -0.15) is 0 Å². The highest BCUT2D eigenvalue weighted by molar-refractivity contribution is 9.10. The molecule has 0 radical (unpaired) electrons. The van der Waals surface area contributed by atoms with E-state index >= 15 is 0 Å².